The van der Waals surface area contributed by atoms with E-state index in [1.54, 1.807) is 0 Å². The molecule has 0 heterocycles. The lowest BCUT2D eigenvalue weighted by Crippen LogP contribution is -2.51. The van der Waals surface area contributed by atoms with Gasteiger partial charge in [0.1, 0.15) is 19.3 Å². The summed E-state index contributed by atoms with van der Waals surface area (Å²) in [6, 6.07) is -1.14. The van der Waals surface area contributed by atoms with E-state index in [0.717, 1.165) is 77.0 Å². The van der Waals surface area contributed by atoms with Gasteiger partial charge in [-0.2, -0.15) is 0 Å². The minimum atomic E-state index is -4.70. The van der Waals surface area contributed by atoms with Gasteiger partial charge in [0.05, 0.1) is 39.9 Å². The number of allylic oxidation sites excluding steroid dienone is 20. The predicted octanol–water partition coefficient (Wildman–Crippen LogP) is 10.6. The molecule has 0 saturated heterocycles. The molecule has 0 spiro atoms. The molecule has 0 fully saturated rings. The molecule has 0 aliphatic heterocycles. The minimum Gasteiger partial charge on any atom is -0.756 e. The highest BCUT2D eigenvalue weighted by Crippen LogP contribution is 2.38. The fourth-order valence-corrected chi connectivity index (χ4v) is 6.06. The SMILES string of the molecule is C/C=C/CC/C=C/CC/C=C/CCCC(O)C(O)C(COP(=O)([O-])OCC[N+](C)(C)C)NC(=O)CCC/C=C\C/C=C\C/C=C\C/C=C\C/C=C\C/C=C\C/C=C\CC. The van der Waals surface area contributed by atoms with Crippen LogP contribution in [0.3, 0.4) is 0 Å². The summed E-state index contributed by atoms with van der Waals surface area (Å²) in [6.07, 6.45) is 54.1. The fraction of sp³-hybridized carbons (Fsp3) is 0.571. The Labute approximate surface area is 359 Å². The Balaban J connectivity index is 4.66. The second-order valence-electron chi connectivity index (χ2n) is 15.4. The van der Waals surface area contributed by atoms with Gasteiger partial charge in [-0.25, -0.2) is 0 Å². The lowest BCUT2D eigenvalue weighted by Gasteiger charge is -2.31. The van der Waals surface area contributed by atoms with Crippen molar-refractivity contribution >= 4 is 13.7 Å². The quantitative estimate of drug-likeness (QED) is 0.0246. The van der Waals surface area contributed by atoms with Crippen LogP contribution in [0.5, 0.6) is 0 Å². The van der Waals surface area contributed by atoms with Crippen molar-refractivity contribution in [3.8, 4) is 0 Å². The summed E-state index contributed by atoms with van der Waals surface area (Å²) in [5, 5.41) is 24.5. The first-order valence-corrected chi connectivity index (χ1v) is 23.4. The van der Waals surface area contributed by atoms with Gasteiger partial charge in [0.2, 0.25) is 5.91 Å². The molecule has 4 unspecified atom stereocenters. The molecule has 3 N–H and O–H groups in total. The first-order chi connectivity index (χ1) is 28.4. The van der Waals surface area contributed by atoms with Crippen LogP contribution in [0, 0.1) is 0 Å². The average Bonchev–Trinajstić information content (AvgIpc) is 3.19. The number of amides is 1. The average molecular weight is 841 g/mol. The van der Waals surface area contributed by atoms with Crippen LogP contribution in [0.25, 0.3) is 0 Å². The number of hydrogen-bond acceptors (Lipinski definition) is 7. The highest BCUT2D eigenvalue weighted by atomic mass is 31.2. The molecule has 0 aromatic rings. The molecule has 0 rings (SSSR count). The number of carbonyl (C=O) groups is 1. The van der Waals surface area contributed by atoms with E-state index in [-0.39, 0.29) is 25.4 Å². The van der Waals surface area contributed by atoms with E-state index in [9.17, 15) is 24.5 Å². The van der Waals surface area contributed by atoms with Gasteiger partial charge in [-0.1, -0.05) is 128 Å². The van der Waals surface area contributed by atoms with Gasteiger partial charge in [-0.3, -0.25) is 9.36 Å². The lowest BCUT2D eigenvalue weighted by molar-refractivity contribution is -0.870. The van der Waals surface area contributed by atoms with Gasteiger partial charge < -0.3 is 34.0 Å². The fourth-order valence-electron chi connectivity index (χ4n) is 5.34. The maximum Gasteiger partial charge on any atom is 0.268 e. The van der Waals surface area contributed by atoms with E-state index >= 15 is 0 Å². The zero-order valence-corrected chi connectivity index (χ0v) is 38.1. The molecule has 4 atom stereocenters. The molecule has 0 aromatic carbocycles. The van der Waals surface area contributed by atoms with Crippen LogP contribution in [-0.4, -0.2) is 79.8 Å². The first kappa shape index (κ1) is 55.9. The number of phosphoric ester groups is 1. The second-order valence-corrected chi connectivity index (χ2v) is 16.8. The van der Waals surface area contributed by atoms with Crippen LogP contribution in [0.2, 0.25) is 0 Å². The van der Waals surface area contributed by atoms with Crippen LogP contribution in [0.1, 0.15) is 123 Å². The zero-order valence-electron chi connectivity index (χ0n) is 37.3. The number of nitrogens with zero attached hydrogens (tertiary/aromatic N) is 1. The Hall–Kier alpha value is -3.14. The number of nitrogens with one attached hydrogen (secondary N) is 1. The van der Waals surface area contributed by atoms with Crippen molar-refractivity contribution in [3.05, 3.63) is 122 Å². The highest BCUT2D eigenvalue weighted by Gasteiger charge is 2.29. The van der Waals surface area contributed by atoms with Crippen molar-refractivity contribution in [2.24, 2.45) is 0 Å². The topological polar surface area (TPSA) is 128 Å². The molecule has 334 valence electrons. The van der Waals surface area contributed by atoms with Crippen molar-refractivity contribution in [3.63, 3.8) is 0 Å². The molecular weight excluding hydrogens is 760 g/mol. The van der Waals surface area contributed by atoms with Crippen molar-refractivity contribution in [1.82, 2.24) is 5.32 Å². The molecular formula is C49H81N2O7P. The summed E-state index contributed by atoms with van der Waals surface area (Å²) in [7, 11) is 1.03. The normalized spacial score (nSPS) is 16.0. The number of hydrogen-bond donors (Lipinski definition) is 3. The standard InChI is InChI=1S/C49H81N2O7P/c1-6-8-10-12-14-16-18-20-21-22-23-24-25-26-27-28-29-30-32-34-36-38-40-42-48(53)50-46(45-58-59(55,56)57-44-43-51(3,4)5)49(54)47(52)41-39-37-35-33-31-19-17-15-13-11-9-7-2/h7-10,14-17,20-21,23-24,26-27,29-30,33-36,46-47,49,52,54H,6,11-13,18-19,22,25,28,31-32,37-45H2,1-5H3,(H-,50,53,55,56)/b9-7+,10-8-,16-14-,17-15+,21-20-,24-23-,27-26-,30-29-,35-33+,36-34-. The van der Waals surface area contributed by atoms with E-state index in [1.807, 2.05) is 34.1 Å². The Kier molecular flexibility index (Phi) is 36.9. The Morgan fingerprint density at radius 3 is 1.54 bits per heavy atom. The van der Waals surface area contributed by atoms with E-state index in [0.29, 0.717) is 30.3 Å². The Bertz CT molecular complexity index is 1380. The van der Waals surface area contributed by atoms with E-state index < -0.39 is 32.7 Å². The molecule has 9 nitrogen and oxygen atoms in total. The molecule has 59 heavy (non-hydrogen) atoms. The molecule has 0 saturated carbocycles. The smallest absolute Gasteiger partial charge is 0.268 e. The molecule has 0 aliphatic rings. The van der Waals surface area contributed by atoms with Gasteiger partial charge in [0.15, 0.2) is 0 Å². The van der Waals surface area contributed by atoms with Crippen molar-refractivity contribution in [2.75, 3.05) is 40.9 Å². The molecule has 10 heteroatoms. The Morgan fingerprint density at radius 2 is 1.07 bits per heavy atom. The molecule has 0 radical (unpaired) electrons. The summed E-state index contributed by atoms with van der Waals surface area (Å²) in [5.74, 6) is -0.360. The van der Waals surface area contributed by atoms with E-state index in [1.165, 1.54) is 0 Å². The van der Waals surface area contributed by atoms with E-state index in [2.05, 4.69) is 128 Å². The molecule has 1 amide bonds. The van der Waals surface area contributed by atoms with E-state index in [4.69, 9.17) is 9.05 Å². The minimum absolute atomic E-state index is 0.0690. The summed E-state index contributed by atoms with van der Waals surface area (Å²) in [6.45, 7) is 3.99. The number of unbranched alkanes of at least 4 members (excludes halogenated alkanes) is 4. The monoisotopic (exact) mass is 841 g/mol. The number of phosphoric acid groups is 1. The molecule has 0 bridgehead atoms. The third-order valence-corrected chi connectivity index (χ3v) is 9.79. The van der Waals surface area contributed by atoms with Crippen LogP contribution in [0.4, 0.5) is 0 Å². The number of quaternary nitrogens is 1. The lowest BCUT2D eigenvalue weighted by atomic mass is 10.0. The van der Waals surface area contributed by atoms with Crippen LogP contribution in [0.15, 0.2) is 122 Å². The number of carbonyl (C=O) groups excluding carboxylic acids is 1. The van der Waals surface area contributed by atoms with Crippen molar-refractivity contribution in [2.45, 2.75) is 141 Å². The number of aliphatic hydroxyl groups excluding tert-OH is 2. The van der Waals surface area contributed by atoms with Gasteiger partial charge in [-0.05, 0) is 110 Å². The number of rotatable bonds is 37. The largest absolute Gasteiger partial charge is 0.756 e. The van der Waals surface area contributed by atoms with Crippen molar-refractivity contribution < 1.29 is 38.0 Å². The van der Waals surface area contributed by atoms with Gasteiger partial charge in [0.25, 0.3) is 7.82 Å². The first-order valence-electron chi connectivity index (χ1n) is 21.9. The summed E-state index contributed by atoms with van der Waals surface area (Å²) in [5.41, 5.74) is 0. The summed E-state index contributed by atoms with van der Waals surface area (Å²) in [4.78, 5) is 25.3. The number of aliphatic hydroxyl groups is 2. The third kappa shape index (κ3) is 40.1. The predicted molar refractivity (Wildman–Crippen MR) is 248 cm³/mol. The van der Waals surface area contributed by atoms with Gasteiger partial charge >= 0.3 is 0 Å². The molecule has 0 aromatic heterocycles. The Morgan fingerprint density at radius 1 is 0.644 bits per heavy atom. The van der Waals surface area contributed by atoms with Crippen molar-refractivity contribution in [1.29, 1.82) is 0 Å². The number of likely N-dealkylation sites (N-methyl/N-ethyl adjacent to an activating group) is 1. The third-order valence-electron chi connectivity index (χ3n) is 8.83. The van der Waals surface area contributed by atoms with Crippen LogP contribution in [-0.2, 0) is 18.4 Å². The zero-order chi connectivity index (χ0) is 43.7. The summed E-state index contributed by atoms with van der Waals surface area (Å²) < 4.78 is 23.1. The summed E-state index contributed by atoms with van der Waals surface area (Å²) >= 11 is 0. The van der Waals surface area contributed by atoms with Gasteiger partial charge in [-0.15, -0.1) is 0 Å². The van der Waals surface area contributed by atoms with Gasteiger partial charge in [0, 0.05) is 6.42 Å². The second kappa shape index (κ2) is 39.0. The van der Waals surface area contributed by atoms with Crippen LogP contribution >= 0.6 is 7.82 Å². The molecule has 0 aliphatic carbocycles. The highest BCUT2D eigenvalue weighted by molar-refractivity contribution is 7.45. The maximum atomic E-state index is 12.9. The maximum absolute atomic E-state index is 12.9. The van der Waals surface area contributed by atoms with Crippen LogP contribution < -0.4 is 10.2 Å².